The number of rotatable bonds is 6. The molecule has 0 unspecified atom stereocenters. The van der Waals surface area contributed by atoms with E-state index >= 15 is 0 Å². The molecule has 0 aliphatic carbocycles. The molecule has 206 valence electrons. The predicted molar refractivity (Wildman–Crippen MR) is 158 cm³/mol. The molecule has 1 N–H and O–H groups in total. The summed E-state index contributed by atoms with van der Waals surface area (Å²) >= 11 is 0. The highest BCUT2D eigenvalue weighted by atomic mass is 32.2. The standard InChI is InChI=1S/C31H25FN4O4S/c1-33-31(37)29-24-16-23(21-13-14-36-18-25(34-28(36)15-21)19-7-5-4-6-8-19)26(35(2)41(3,38)39)17-27(24)40-30(29)20-9-11-22(32)12-10-20/h4-18H,1-3H3,(H,33,37). The topological polar surface area (TPSA) is 96.9 Å². The van der Waals surface area contributed by atoms with Gasteiger partial charge in [0.15, 0.2) is 0 Å². The SMILES string of the molecule is CNC(=O)c1c(-c2ccc(F)cc2)oc2cc(N(C)S(C)(=O)=O)c(-c3ccn4cc(-c5ccccc5)nc4c3)cc12. The lowest BCUT2D eigenvalue weighted by Gasteiger charge is -2.20. The zero-order chi connectivity index (χ0) is 28.9. The first-order chi connectivity index (χ1) is 19.6. The number of furan rings is 1. The van der Waals surface area contributed by atoms with Gasteiger partial charge in [-0.1, -0.05) is 30.3 Å². The second kappa shape index (κ2) is 9.90. The Bertz CT molecular complexity index is 2050. The molecule has 0 radical (unpaired) electrons. The lowest BCUT2D eigenvalue weighted by molar-refractivity contribution is 0.0964. The zero-order valence-electron chi connectivity index (χ0n) is 22.4. The Morgan fingerprint density at radius 3 is 2.39 bits per heavy atom. The fourth-order valence-corrected chi connectivity index (χ4v) is 5.36. The first-order valence-corrected chi connectivity index (χ1v) is 14.6. The highest BCUT2D eigenvalue weighted by Gasteiger charge is 2.26. The number of anilines is 1. The first-order valence-electron chi connectivity index (χ1n) is 12.7. The molecular weight excluding hydrogens is 543 g/mol. The highest BCUT2D eigenvalue weighted by molar-refractivity contribution is 7.92. The number of halogens is 1. The number of benzene rings is 3. The number of pyridine rings is 1. The van der Waals surface area contributed by atoms with E-state index in [2.05, 4.69) is 5.32 Å². The molecule has 8 nitrogen and oxygen atoms in total. The summed E-state index contributed by atoms with van der Waals surface area (Å²) in [6, 6.07) is 22.5. The van der Waals surface area contributed by atoms with E-state index < -0.39 is 21.7 Å². The molecule has 3 aromatic heterocycles. The van der Waals surface area contributed by atoms with Crippen LogP contribution in [0.2, 0.25) is 0 Å². The number of aromatic nitrogens is 2. The summed E-state index contributed by atoms with van der Waals surface area (Å²) in [7, 11) is -0.685. The van der Waals surface area contributed by atoms with Gasteiger partial charge in [-0.05, 0) is 48.0 Å². The van der Waals surface area contributed by atoms with Crippen LogP contribution in [0.5, 0.6) is 0 Å². The molecule has 3 heterocycles. The molecule has 0 spiro atoms. The van der Waals surface area contributed by atoms with E-state index in [1.165, 1.54) is 42.7 Å². The van der Waals surface area contributed by atoms with Crippen LogP contribution in [-0.4, -0.2) is 44.1 Å². The Hall–Kier alpha value is -4.96. The van der Waals surface area contributed by atoms with Crippen molar-refractivity contribution in [3.05, 3.63) is 103 Å². The number of carbonyl (C=O) groups excluding carboxylic acids is 1. The predicted octanol–water partition coefficient (Wildman–Crippen LogP) is 5.98. The van der Waals surface area contributed by atoms with Crippen LogP contribution in [0.25, 0.3) is 50.3 Å². The van der Waals surface area contributed by atoms with Crippen LogP contribution < -0.4 is 9.62 Å². The summed E-state index contributed by atoms with van der Waals surface area (Å²) < 4.78 is 48.2. The number of carbonyl (C=O) groups is 1. The maximum atomic E-state index is 13.7. The number of hydrogen-bond donors (Lipinski definition) is 1. The number of sulfonamides is 1. The summed E-state index contributed by atoms with van der Waals surface area (Å²) in [4.78, 5) is 17.9. The normalized spacial score (nSPS) is 11.7. The molecule has 0 aliphatic rings. The number of nitrogens with zero attached hydrogens (tertiary/aromatic N) is 3. The van der Waals surface area contributed by atoms with Crippen LogP contribution >= 0.6 is 0 Å². The molecule has 0 saturated heterocycles. The third-order valence-corrected chi connectivity index (χ3v) is 8.24. The Morgan fingerprint density at radius 1 is 0.976 bits per heavy atom. The molecule has 0 atom stereocenters. The van der Waals surface area contributed by atoms with E-state index in [-0.39, 0.29) is 11.3 Å². The molecule has 6 aromatic rings. The Morgan fingerprint density at radius 2 is 1.71 bits per heavy atom. The average molecular weight is 569 g/mol. The van der Waals surface area contributed by atoms with Gasteiger partial charge in [-0.15, -0.1) is 0 Å². The van der Waals surface area contributed by atoms with Gasteiger partial charge in [0, 0.05) is 54.6 Å². The van der Waals surface area contributed by atoms with Gasteiger partial charge in [-0.25, -0.2) is 17.8 Å². The largest absolute Gasteiger partial charge is 0.455 e. The second-order valence-electron chi connectivity index (χ2n) is 9.66. The second-order valence-corrected chi connectivity index (χ2v) is 11.7. The fourth-order valence-electron chi connectivity index (χ4n) is 4.85. The minimum atomic E-state index is -3.66. The Kier molecular flexibility index (Phi) is 6.34. The average Bonchev–Trinajstić information content (AvgIpc) is 3.57. The Balaban J connectivity index is 1.60. The number of imidazole rings is 1. The van der Waals surface area contributed by atoms with Gasteiger partial charge in [-0.3, -0.25) is 9.10 Å². The van der Waals surface area contributed by atoms with Crippen molar-refractivity contribution in [3.63, 3.8) is 0 Å². The van der Waals surface area contributed by atoms with E-state index in [4.69, 9.17) is 9.40 Å². The van der Waals surface area contributed by atoms with Crippen LogP contribution in [0.1, 0.15) is 10.4 Å². The van der Waals surface area contributed by atoms with Crippen molar-refractivity contribution in [2.45, 2.75) is 0 Å². The van der Waals surface area contributed by atoms with Crippen molar-refractivity contribution >= 4 is 38.2 Å². The van der Waals surface area contributed by atoms with Crippen LogP contribution in [0.3, 0.4) is 0 Å². The summed E-state index contributed by atoms with van der Waals surface area (Å²) in [5.74, 6) is -0.564. The minimum absolute atomic E-state index is 0.251. The molecule has 6 rings (SSSR count). The maximum absolute atomic E-state index is 13.7. The number of nitrogens with one attached hydrogen (secondary N) is 1. The maximum Gasteiger partial charge on any atom is 0.255 e. The summed E-state index contributed by atoms with van der Waals surface area (Å²) in [6.07, 6.45) is 4.90. The van der Waals surface area contributed by atoms with E-state index in [1.54, 1.807) is 12.1 Å². The monoisotopic (exact) mass is 568 g/mol. The lowest BCUT2D eigenvalue weighted by atomic mass is 9.99. The van der Waals surface area contributed by atoms with E-state index in [1.807, 2.05) is 59.3 Å². The van der Waals surface area contributed by atoms with Crippen LogP contribution in [0, 0.1) is 5.82 Å². The molecule has 41 heavy (non-hydrogen) atoms. The van der Waals surface area contributed by atoms with Crippen molar-refractivity contribution in [2.75, 3.05) is 24.7 Å². The number of hydrogen-bond acceptors (Lipinski definition) is 5. The van der Waals surface area contributed by atoms with E-state index in [0.29, 0.717) is 39.0 Å². The van der Waals surface area contributed by atoms with Gasteiger partial charge in [-0.2, -0.15) is 0 Å². The molecule has 0 bridgehead atoms. The molecule has 0 saturated carbocycles. The molecule has 3 aromatic carbocycles. The molecular formula is C31H25FN4O4S. The summed E-state index contributed by atoms with van der Waals surface area (Å²) in [5, 5.41) is 3.14. The van der Waals surface area contributed by atoms with Gasteiger partial charge in [0.1, 0.15) is 22.8 Å². The molecule has 1 amide bonds. The van der Waals surface area contributed by atoms with Gasteiger partial charge in [0.05, 0.1) is 23.2 Å². The summed E-state index contributed by atoms with van der Waals surface area (Å²) in [5.41, 5.74) is 5.14. The number of amides is 1. The van der Waals surface area contributed by atoms with Crippen molar-refractivity contribution in [3.8, 4) is 33.7 Å². The Labute approximate surface area is 235 Å². The van der Waals surface area contributed by atoms with Gasteiger partial charge in [0.2, 0.25) is 10.0 Å². The van der Waals surface area contributed by atoms with Crippen LogP contribution in [0.15, 0.2) is 95.7 Å². The molecule has 10 heteroatoms. The highest BCUT2D eigenvalue weighted by Crippen LogP contribution is 2.41. The minimum Gasteiger partial charge on any atom is -0.455 e. The van der Waals surface area contributed by atoms with Crippen molar-refractivity contribution in [2.24, 2.45) is 0 Å². The van der Waals surface area contributed by atoms with Gasteiger partial charge < -0.3 is 14.1 Å². The van der Waals surface area contributed by atoms with Crippen molar-refractivity contribution in [1.29, 1.82) is 0 Å². The zero-order valence-corrected chi connectivity index (χ0v) is 23.2. The van der Waals surface area contributed by atoms with Crippen molar-refractivity contribution in [1.82, 2.24) is 14.7 Å². The molecule has 0 fully saturated rings. The third-order valence-electron chi connectivity index (χ3n) is 7.04. The quantitative estimate of drug-likeness (QED) is 0.267. The van der Waals surface area contributed by atoms with Gasteiger partial charge >= 0.3 is 0 Å². The molecule has 0 aliphatic heterocycles. The lowest BCUT2D eigenvalue weighted by Crippen LogP contribution is -2.25. The first kappa shape index (κ1) is 26.3. The smallest absolute Gasteiger partial charge is 0.255 e. The van der Waals surface area contributed by atoms with Gasteiger partial charge in [0.25, 0.3) is 5.91 Å². The van der Waals surface area contributed by atoms with Crippen molar-refractivity contribution < 1.29 is 22.0 Å². The number of fused-ring (bicyclic) bond motifs is 2. The van der Waals surface area contributed by atoms with Crippen LogP contribution in [-0.2, 0) is 10.0 Å². The third kappa shape index (κ3) is 4.72. The van der Waals surface area contributed by atoms with E-state index in [9.17, 15) is 17.6 Å². The summed E-state index contributed by atoms with van der Waals surface area (Å²) in [6.45, 7) is 0. The van der Waals surface area contributed by atoms with Crippen LogP contribution in [0.4, 0.5) is 10.1 Å². The fraction of sp³-hybridized carbons (Fsp3) is 0.0968. The van der Waals surface area contributed by atoms with E-state index in [0.717, 1.165) is 17.5 Å².